The Kier molecular flexibility index (Phi) is 4.22. The Morgan fingerprint density at radius 2 is 2.12 bits per heavy atom. The molecule has 0 heterocycles. The fourth-order valence-electron chi connectivity index (χ4n) is 2.52. The van der Waals surface area contributed by atoms with Crippen LogP contribution >= 0.6 is 0 Å². The lowest BCUT2D eigenvalue weighted by Crippen LogP contribution is -2.15. The van der Waals surface area contributed by atoms with Gasteiger partial charge >= 0.3 is 0 Å². The van der Waals surface area contributed by atoms with E-state index in [1.807, 2.05) is 0 Å². The van der Waals surface area contributed by atoms with Gasteiger partial charge in [-0.15, -0.1) is 0 Å². The summed E-state index contributed by atoms with van der Waals surface area (Å²) in [5, 5.41) is 0. The molecule has 1 fully saturated rings. The summed E-state index contributed by atoms with van der Waals surface area (Å²) >= 11 is 0. The van der Waals surface area contributed by atoms with E-state index in [2.05, 4.69) is 38.1 Å². The molecule has 1 aromatic carbocycles. The number of rotatable bonds is 5. The number of benzene rings is 1. The first-order valence-electron chi connectivity index (χ1n) is 7.06. The molecule has 2 N–H and O–H groups in total. The average molecular weight is 231 g/mol. The minimum Gasteiger partial charge on any atom is -0.324 e. The summed E-state index contributed by atoms with van der Waals surface area (Å²) in [6.45, 7) is 4.53. The van der Waals surface area contributed by atoms with Gasteiger partial charge in [-0.3, -0.25) is 0 Å². The van der Waals surface area contributed by atoms with E-state index in [4.69, 9.17) is 5.73 Å². The van der Waals surface area contributed by atoms with Crippen LogP contribution in [0.2, 0.25) is 0 Å². The topological polar surface area (TPSA) is 26.0 Å². The van der Waals surface area contributed by atoms with Crippen molar-refractivity contribution in [2.75, 3.05) is 0 Å². The van der Waals surface area contributed by atoms with Gasteiger partial charge in [0, 0.05) is 6.04 Å². The van der Waals surface area contributed by atoms with Crippen LogP contribution in [0.5, 0.6) is 0 Å². The Bertz CT molecular complexity index is 354. The predicted molar refractivity (Wildman–Crippen MR) is 74.0 cm³/mol. The van der Waals surface area contributed by atoms with Gasteiger partial charge in [-0.25, -0.2) is 0 Å². The molecule has 0 spiro atoms. The maximum atomic E-state index is 6.30. The average Bonchev–Trinajstić information content (AvgIpc) is 2.27. The molecule has 0 radical (unpaired) electrons. The van der Waals surface area contributed by atoms with Crippen LogP contribution < -0.4 is 5.73 Å². The number of nitrogens with two attached hydrogens (primary N) is 1. The first-order valence-corrected chi connectivity index (χ1v) is 7.06. The van der Waals surface area contributed by atoms with E-state index in [1.165, 1.54) is 36.8 Å². The van der Waals surface area contributed by atoms with E-state index in [9.17, 15) is 0 Å². The van der Waals surface area contributed by atoms with Crippen molar-refractivity contribution in [2.45, 2.75) is 57.9 Å². The third kappa shape index (κ3) is 3.10. The summed E-state index contributed by atoms with van der Waals surface area (Å²) in [7, 11) is 0. The van der Waals surface area contributed by atoms with Gasteiger partial charge in [0.25, 0.3) is 0 Å². The molecular formula is C16H25N. The first-order chi connectivity index (χ1) is 8.20. The zero-order valence-electron chi connectivity index (χ0n) is 11.2. The van der Waals surface area contributed by atoms with Crippen LogP contribution in [-0.4, -0.2) is 0 Å². The number of hydrogen-bond donors (Lipinski definition) is 1. The maximum absolute atomic E-state index is 6.30. The monoisotopic (exact) mass is 231 g/mol. The summed E-state index contributed by atoms with van der Waals surface area (Å²) in [5.74, 6) is 1.53. The van der Waals surface area contributed by atoms with E-state index in [0.29, 0.717) is 0 Å². The third-order valence-corrected chi connectivity index (χ3v) is 4.27. The van der Waals surface area contributed by atoms with Crippen LogP contribution in [0.3, 0.4) is 0 Å². The summed E-state index contributed by atoms with van der Waals surface area (Å²) in [6.07, 6.45) is 6.45. The standard InChI is InChI=1S/C16H25N/c1-3-12(2)10-16(17)15-9-5-8-14(11-15)13-6-4-7-13/h5,8-9,11-13,16H,3-4,6-7,10,17H2,1-2H3. The van der Waals surface area contributed by atoms with Gasteiger partial charge in [-0.1, -0.05) is 51.0 Å². The summed E-state index contributed by atoms with van der Waals surface area (Å²) in [6, 6.07) is 9.19. The lowest BCUT2D eigenvalue weighted by atomic mass is 9.79. The molecule has 1 aliphatic rings. The molecule has 94 valence electrons. The van der Waals surface area contributed by atoms with E-state index in [1.54, 1.807) is 0 Å². The fraction of sp³-hybridized carbons (Fsp3) is 0.625. The molecule has 17 heavy (non-hydrogen) atoms. The highest BCUT2D eigenvalue weighted by atomic mass is 14.6. The van der Waals surface area contributed by atoms with Crippen molar-refractivity contribution in [1.82, 2.24) is 0 Å². The van der Waals surface area contributed by atoms with Crippen LogP contribution in [0.15, 0.2) is 24.3 Å². The summed E-state index contributed by atoms with van der Waals surface area (Å²) in [5.41, 5.74) is 9.14. The van der Waals surface area contributed by atoms with Crippen molar-refractivity contribution in [3.8, 4) is 0 Å². The molecule has 1 saturated carbocycles. The second-order valence-electron chi connectivity index (χ2n) is 5.65. The molecule has 1 aliphatic carbocycles. The van der Waals surface area contributed by atoms with Crippen molar-refractivity contribution < 1.29 is 0 Å². The maximum Gasteiger partial charge on any atom is 0.0297 e. The molecule has 2 rings (SSSR count). The van der Waals surface area contributed by atoms with Crippen LogP contribution in [0.4, 0.5) is 0 Å². The molecule has 0 aromatic heterocycles. The second kappa shape index (κ2) is 5.68. The van der Waals surface area contributed by atoms with Crippen LogP contribution in [0.1, 0.15) is 69.0 Å². The summed E-state index contributed by atoms with van der Waals surface area (Å²) in [4.78, 5) is 0. The Morgan fingerprint density at radius 1 is 1.35 bits per heavy atom. The molecule has 0 amide bonds. The minimum atomic E-state index is 0.213. The Balaban J connectivity index is 2.04. The Morgan fingerprint density at radius 3 is 2.71 bits per heavy atom. The predicted octanol–water partition coefficient (Wildman–Crippen LogP) is 4.39. The van der Waals surface area contributed by atoms with E-state index >= 15 is 0 Å². The van der Waals surface area contributed by atoms with Crippen molar-refractivity contribution in [3.63, 3.8) is 0 Å². The molecular weight excluding hydrogens is 206 g/mol. The van der Waals surface area contributed by atoms with Gasteiger partial charge in [0.05, 0.1) is 0 Å². The highest BCUT2D eigenvalue weighted by molar-refractivity contribution is 5.29. The molecule has 0 aliphatic heterocycles. The molecule has 1 aromatic rings. The normalized spacial score (nSPS) is 19.7. The Hall–Kier alpha value is -0.820. The zero-order valence-corrected chi connectivity index (χ0v) is 11.2. The quantitative estimate of drug-likeness (QED) is 0.799. The third-order valence-electron chi connectivity index (χ3n) is 4.27. The van der Waals surface area contributed by atoms with Gasteiger partial charge < -0.3 is 5.73 Å². The first kappa shape index (κ1) is 12.6. The molecule has 2 unspecified atom stereocenters. The van der Waals surface area contributed by atoms with Crippen LogP contribution in [0.25, 0.3) is 0 Å². The highest BCUT2D eigenvalue weighted by Crippen LogP contribution is 2.37. The van der Waals surface area contributed by atoms with Gasteiger partial charge in [0.1, 0.15) is 0 Å². The fourth-order valence-corrected chi connectivity index (χ4v) is 2.52. The second-order valence-corrected chi connectivity index (χ2v) is 5.65. The van der Waals surface area contributed by atoms with Gasteiger partial charge in [0.2, 0.25) is 0 Å². The molecule has 0 saturated heterocycles. The van der Waals surface area contributed by atoms with Gasteiger partial charge in [-0.05, 0) is 42.2 Å². The highest BCUT2D eigenvalue weighted by Gasteiger charge is 2.20. The largest absolute Gasteiger partial charge is 0.324 e. The minimum absolute atomic E-state index is 0.213. The zero-order chi connectivity index (χ0) is 12.3. The van der Waals surface area contributed by atoms with Crippen molar-refractivity contribution in [1.29, 1.82) is 0 Å². The molecule has 2 atom stereocenters. The Labute approximate surface area is 105 Å². The van der Waals surface area contributed by atoms with E-state index in [0.717, 1.165) is 18.3 Å². The lowest BCUT2D eigenvalue weighted by Gasteiger charge is -2.27. The van der Waals surface area contributed by atoms with Crippen molar-refractivity contribution in [3.05, 3.63) is 35.4 Å². The molecule has 1 heteroatoms. The number of hydrogen-bond acceptors (Lipinski definition) is 1. The van der Waals surface area contributed by atoms with Gasteiger partial charge in [-0.2, -0.15) is 0 Å². The summed E-state index contributed by atoms with van der Waals surface area (Å²) < 4.78 is 0. The molecule has 0 bridgehead atoms. The molecule has 1 nitrogen and oxygen atoms in total. The van der Waals surface area contributed by atoms with E-state index < -0.39 is 0 Å². The van der Waals surface area contributed by atoms with Gasteiger partial charge in [0.15, 0.2) is 0 Å². The van der Waals surface area contributed by atoms with Crippen molar-refractivity contribution >= 4 is 0 Å². The SMILES string of the molecule is CCC(C)CC(N)c1cccc(C2CCC2)c1. The lowest BCUT2D eigenvalue weighted by molar-refractivity contribution is 0.418. The van der Waals surface area contributed by atoms with Crippen molar-refractivity contribution in [2.24, 2.45) is 11.7 Å². The van der Waals surface area contributed by atoms with Crippen LogP contribution in [-0.2, 0) is 0 Å². The van der Waals surface area contributed by atoms with Crippen LogP contribution in [0, 0.1) is 5.92 Å². The van der Waals surface area contributed by atoms with E-state index in [-0.39, 0.29) is 6.04 Å². The smallest absolute Gasteiger partial charge is 0.0297 e.